The molecule has 0 spiro atoms. The molecule has 0 aliphatic heterocycles. The van der Waals surface area contributed by atoms with Gasteiger partial charge in [0.15, 0.2) is 0 Å². The molecule has 0 bridgehead atoms. The number of pyridine rings is 1. The van der Waals surface area contributed by atoms with Crippen LogP contribution in [0.2, 0.25) is 0 Å². The Bertz CT molecular complexity index is 485. The maximum absolute atomic E-state index is 12.3. The van der Waals surface area contributed by atoms with Crippen LogP contribution in [0.5, 0.6) is 5.75 Å². The Morgan fingerprint density at radius 2 is 2.00 bits per heavy atom. The van der Waals surface area contributed by atoms with E-state index in [4.69, 9.17) is 4.74 Å². The molecule has 19 heavy (non-hydrogen) atoms. The number of carbonyl (C=O) groups excluding carboxylic acids is 1. The van der Waals surface area contributed by atoms with E-state index in [0.29, 0.717) is 11.8 Å². The van der Waals surface area contributed by atoms with Crippen molar-refractivity contribution in [1.29, 1.82) is 0 Å². The van der Waals surface area contributed by atoms with Crippen molar-refractivity contribution in [1.82, 2.24) is 9.88 Å². The highest BCUT2D eigenvalue weighted by Gasteiger charge is 2.31. The first-order valence-electron chi connectivity index (χ1n) is 6.68. The minimum atomic E-state index is -0.181. The van der Waals surface area contributed by atoms with Crippen molar-refractivity contribution < 1.29 is 9.53 Å². The molecular formula is C15H22N2O2. The molecule has 1 fully saturated rings. The molecule has 0 aromatic carbocycles. The van der Waals surface area contributed by atoms with E-state index >= 15 is 0 Å². The highest BCUT2D eigenvalue weighted by atomic mass is 16.5. The number of ether oxygens (including phenoxy) is 1. The van der Waals surface area contributed by atoms with Gasteiger partial charge in [0.05, 0.1) is 6.10 Å². The number of carbonyl (C=O) groups is 1. The SMILES string of the molecule is CN(C)C(=O)c1nccc(OC2CC2)c1C(C)(C)C. The average molecular weight is 262 g/mol. The highest BCUT2D eigenvalue weighted by Crippen LogP contribution is 2.37. The van der Waals surface area contributed by atoms with Crippen molar-refractivity contribution in [3.63, 3.8) is 0 Å². The van der Waals surface area contributed by atoms with Crippen LogP contribution in [-0.2, 0) is 5.41 Å². The van der Waals surface area contributed by atoms with Crippen molar-refractivity contribution in [2.45, 2.75) is 45.1 Å². The van der Waals surface area contributed by atoms with Gasteiger partial charge in [0.2, 0.25) is 0 Å². The molecule has 0 unspecified atom stereocenters. The molecule has 1 aliphatic rings. The zero-order valence-corrected chi connectivity index (χ0v) is 12.4. The molecule has 1 aliphatic carbocycles. The third-order valence-corrected chi connectivity index (χ3v) is 3.09. The van der Waals surface area contributed by atoms with Crippen LogP contribution >= 0.6 is 0 Å². The molecule has 0 atom stereocenters. The van der Waals surface area contributed by atoms with Crippen LogP contribution in [0.15, 0.2) is 12.3 Å². The summed E-state index contributed by atoms with van der Waals surface area (Å²) in [6.07, 6.45) is 4.17. The molecule has 2 rings (SSSR count). The monoisotopic (exact) mass is 262 g/mol. The number of hydrogen-bond donors (Lipinski definition) is 0. The van der Waals surface area contributed by atoms with E-state index in [0.717, 1.165) is 24.2 Å². The molecule has 1 aromatic heterocycles. The van der Waals surface area contributed by atoms with Crippen LogP contribution in [0.4, 0.5) is 0 Å². The van der Waals surface area contributed by atoms with Gasteiger partial charge in [0, 0.05) is 25.9 Å². The summed E-state index contributed by atoms with van der Waals surface area (Å²) in [4.78, 5) is 18.1. The largest absolute Gasteiger partial charge is 0.490 e. The fourth-order valence-corrected chi connectivity index (χ4v) is 2.01. The molecule has 1 aromatic rings. The van der Waals surface area contributed by atoms with Gasteiger partial charge < -0.3 is 9.64 Å². The summed E-state index contributed by atoms with van der Waals surface area (Å²) in [5.74, 6) is 0.723. The van der Waals surface area contributed by atoms with Crippen LogP contribution in [0, 0.1) is 0 Å². The number of rotatable bonds is 3. The summed E-state index contributed by atoms with van der Waals surface area (Å²) in [6, 6.07) is 1.87. The second-order valence-corrected chi connectivity index (χ2v) is 6.30. The molecule has 4 heteroatoms. The van der Waals surface area contributed by atoms with Gasteiger partial charge in [-0.1, -0.05) is 20.8 Å². The molecule has 0 N–H and O–H groups in total. The van der Waals surface area contributed by atoms with E-state index in [1.54, 1.807) is 25.2 Å². The summed E-state index contributed by atoms with van der Waals surface area (Å²) < 4.78 is 5.94. The first kappa shape index (κ1) is 13.8. The lowest BCUT2D eigenvalue weighted by atomic mass is 9.84. The molecule has 1 amide bonds. The lowest BCUT2D eigenvalue weighted by molar-refractivity contribution is 0.0818. The van der Waals surface area contributed by atoms with E-state index in [1.807, 2.05) is 6.07 Å². The zero-order valence-electron chi connectivity index (χ0n) is 12.4. The van der Waals surface area contributed by atoms with E-state index in [1.165, 1.54) is 0 Å². The zero-order chi connectivity index (χ0) is 14.2. The number of hydrogen-bond acceptors (Lipinski definition) is 3. The van der Waals surface area contributed by atoms with Gasteiger partial charge in [-0.15, -0.1) is 0 Å². The number of amides is 1. The van der Waals surface area contributed by atoms with Crippen molar-refractivity contribution in [3.8, 4) is 5.75 Å². The van der Waals surface area contributed by atoms with Crippen LogP contribution in [-0.4, -0.2) is 36.0 Å². The van der Waals surface area contributed by atoms with E-state index in [2.05, 4.69) is 25.8 Å². The predicted octanol–water partition coefficient (Wildman–Crippen LogP) is 2.62. The van der Waals surface area contributed by atoms with E-state index in [-0.39, 0.29) is 11.3 Å². The van der Waals surface area contributed by atoms with Crippen LogP contribution in [0.1, 0.15) is 49.7 Å². The van der Waals surface area contributed by atoms with E-state index < -0.39 is 0 Å². The Morgan fingerprint density at radius 1 is 1.37 bits per heavy atom. The first-order valence-corrected chi connectivity index (χ1v) is 6.68. The van der Waals surface area contributed by atoms with Gasteiger partial charge in [-0.2, -0.15) is 0 Å². The summed E-state index contributed by atoms with van der Waals surface area (Å²) >= 11 is 0. The molecule has 0 saturated heterocycles. The maximum atomic E-state index is 12.3. The molecule has 0 radical (unpaired) electrons. The first-order chi connectivity index (χ1) is 8.80. The normalized spacial score (nSPS) is 15.2. The van der Waals surface area contributed by atoms with E-state index in [9.17, 15) is 4.79 Å². The number of nitrogens with zero attached hydrogens (tertiary/aromatic N) is 2. The fraction of sp³-hybridized carbons (Fsp3) is 0.600. The van der Waals surface area contributed by atoms with Crippen LogP contribution in [0.25, 0.3) is 0 Å². The standard InChI is InChI=1S/C15H22N2O2/c1-15(2,3)12-11(19-10-6-7-10)8-9-16-13(12)14(18)17(4)5/h8-10H,6-7H2,1-5H3. The van der Waals surface area contributed by atoms with Gasteiger partial charge >= 0.3 is 0 Å². The van der Waals surface area contributed by atoms with Crippen LogP contribution < -0.4 is 4.74 Å². The molecule has 4 nitrogen and oxygen atoms in total. The molecule has 1 saturated carbocycles. The Morgan fingerprint density at radius 3 is 2.47 bits per heavy atom. The van der Waals surface area contributed by atoms with Crippen LogP contribution in [0.3, 0.4) is 0 Å². The van der Waals surface area contributed by atoms with Gasteiger partial charge in [-0.05, 0) is 24.3 Å². The second kappa shape index (κ2) is 4.83. The quantitative estimate of drug-likeness (QED) is 0.841. The van der Waals surface area contributed by atoms with Crippen molar-refractivity contribution in [2.75, 3.05) is 14.1 Å². The molecule has 104 valence electrons. The maximum Gasteiger partial charge on any atom is 0.272 e. The smallest absolute Gasteiger partial charge is 0.272 e. The Kier molecular flexibility index (Phi) is 3.52. The fourth-order valence-electron chi connectivity index (χ4n) is 2.01. The third kappa shape index (κ3) is 3.06. The lowest BCUT2D eigenvalue weighted by Crippen LogP contribution is -2.28. The third-order valence-electron chi connectivity index (χ3n) is 3.09. The topological polar surface area (TPSA) is 42.4 Å². The molecular weight excluding hydrogens is 240 g/mol. The minimum Gasteiger partial charge on any atom is -0.490 e. The Labute approximate surface area is 114 Å². The Balaban J connectivity index is 2.49. The summed E-state index contributed by atoms with van der Waals surface area (Å²) in [5, 5.41) is 0. The van der Waals surface area contributed by atoms with Gasteiger partial charge in [0.1, 0.15) is 11.4 Å². The van der Waals surface area contributed by atoms with Crippen molar-refractivity contribution in [2.24, 2.45) is 0 Å². The van der Waals surface area contributed by atoms with Crippen molar-refractivity contribution >= 4 is 5.91 Å². The second-order valence-electron chi connectivity index (χ2n) is 6.30. The summed E-state index contributed by atoms with van der Waals surface area (Å²) in [5.41, 5.74) is 1.22. The summed E-state index contributed by atoms with van der Waals surface area (Å²) in [7, 11) is 3.48. The Hall–Kier alpha value is -1.58. The number of aromatic nitrogens is 1. The lowest BCUT2D eigenvalue weighted by Gasteiger charge is -2.25. The average Bonchev–Trinajstić information content (AvgIpc) is 3.10. The van der Waals surface area contributed by atoms with Gasteiger partial charge in [0.25, 0.3) is 5.91 Å². The highest BCUT2D eigenvalue weighted by molar-refractivity contribution is 5.94. The van der Waals surface area contributed by atoms with Gasteiger partial charge in [-0.3, -0.25) is 9.78 Å². The summed E-state index contributed by atoms with van der Waals surface area (Å²) in [6.45, 7) is 6.24. The predicted molar refractivity (Wildman–Crippen MR) is 74.6 cm³/mol. The minimum absolute atomic E-state index is 0.0776. The van der Waals surface area contributed by atoms with Crippen molar-refractivity contribution in [3.05, 3.63) is 23.5 Å². The van der Waals surface area contributed by atoms with Gasteiger partial charge in [-0.25, -0.2) is 0 Å². The molecule has 1 heterocycles.